The Balaban J connectivity index is 1.61. The maximum Gasteiger partial charge on any atom is 0.254 e. The van der Waals surface area contributed by atoms with E-state index >= 15 is 0 Å². The van der Waals surface area contributed by atoms with Crippen LogP contribution in [-0.2, 0) is 32.2 Å². The summed E-state index contributed by atoms with van der Waals surface area (Å²) in [5.74, 6) is -0.425. The number of nitrogens with one attached hydrogen (secondary N) is 1. The number of carbonyl (C=O) groups excluding carboxylic acids is 2. The zero-order valence-electron chi connectivity index (χ0n) is 19.2. The number of nitrogens with zero attached hydrogens (tertiary/aromatic N) is 1. The highest BCUT2D eigenvalue weighted by molar-refractivity contribution is 7.93. The van der Waals surface area contributed by atoms with Crippen molar-refractivity contribution in [2.24, 2.45) is 5.73 Å². The predicted molar refractivity (Wildman–Crippen MR) is 131 cm³/mol. The largest absolute Gasteiger partial charge is 0.378 e. The molecular formula is C25H31N3O5S. The van der Waals surface area contributed by atoms with Crippen molar-refractivity contribution in [3.05, 3.63) is 82.8 Å². The molecule has 2 amide bonds. The molecule has 0 saturated carbocycles. The van der Waals surface area contributed by atoms with Gasteiger partial charge in [-0.3, -0.25) is 9.59 Å². The first kappa shape index (κ1) is 25.6. The van der Waals surface area contributed by atoms with E-state index in [1.54, 1.807) is 29.2 Å². The van der Waals surface area contributed by atoms with E-state index in [0.717, 1.165) is 22.8 Å². The van der Waals surface area contributed by atoms with Gasteiger partial charge in [0, 0.05) is 30.3 Å². The van der Waals surface area contributed by atoms with Crippen LogP contribution in [-0.4, -0.2) is 69.8 Å². The molecule has 2 aromatic carbocycles. The molecule has 1 saturated heterocycles. The van der Waals surface area contributed by atoms with E-state index in [-0.39, 0.29) is 18.2 Å². The van der Waals surface area contributed by atoms with E-state index < -0.39 is 21.9 Å². The van der Waals surface area contributed by atoms with Gasteiger partial charge in [-0.05, 0) is 36.1 Å². The zero-order valence-corrected chi connectivity index (χ0v) is 20.0. The Bertz CT molecular complexity index is 1100. The van der Waals surface area contributed by atoms with E-state index in [2.05, 4.69) is 5.32 Å². The second-order valence-corrected chi connectivity index (χ2v) is 10.3. The first-order valence-corrected chi connectivity index (χ1v) is 13.1. The lowest BCUT2D eigenvalue weighted by Gasteiger charge is -2.26. The van der Waals surface area contributed by atoms with Crippen LogP contribution >= 0.6 is 0 Å². The maximum atomic E-state index is 12.8. The van der Waals surface area contributed by atoms with Crippen molar-refractivity contribution < 1.29 is 22.7 Å². The number of ether oxygens (including phenoxy) is 1. The van der Waals surface area contributed by atoms with E-state index in [0.29, 0.717) is 38.3 Å². The van der Waals surface area contributed by atoms with Crippen molar-refractivity contribution in [3.8, 4) is 0 Å². The first-order chi connectivity index (χ1) is 16.2. The second-order valence-electron chi connectivity index (χ2n) is 8.37. The van der Waals surface area contributed by atoms with Gasteiger partial charge in [-0.15, -0.1) is 0 Å². The molecule has 8 nitrogen and oxygen atoms in total. The topological polar surface area (TPSA) is 119 Å². The molecule has 3 N–H and O–H groups in total. The van der Waals surface area contributed by atoms with E-state index in [4.69, 9.17) is 10.5 Å². The molecule has 34 heavy (non-hydrogen) atoms. The molecule has 9 heteroatoms. The number of hydrogen-bond acceptors (Lipinski definition) is 6. The van der Waals surface area contributed by atoms with Gasteiger partial charge in [0.05, 0.1) is 25.3 Å². The third-order valence-corrected chi connectivity index (χ3v) is 6.13. The van der Waals surface area contributed by atoms with Crippen LogP contribution < -0.4 is 11.1 Å². The summed E-state index contributed by atoms with van der Waals surface area (Å²) in [7, 11) is -3.34. The predicted octanol–water partition coefficient (Wildman–Crippen LogP) is 1.31. The van der Waals surface area contributed by atoms with Crippen molar-refractivity contribution in [2.75, 3.05) is 32.6 Å². The Morgan fingerprint density at radius 3 is 2.26 bits per heavy atom. The molecule has 0 aromatic heterocycles. The average molecular weight is 486 g/mol. The summed E-state index contributed by atoms with van der Waals surface area (Å²) in [6.45, 7) is 2.23. The number of amides is 2. The third kappa shape index (κ3) is 8.09. The Morgan fingerprint density at radius 2 is 1.65 bits per heavy atom. The summed E-state index contributed by atoms with van der Waals surface area (Å²) in [5, 5.41) is 3.94. The van der Waals surface area contributed by atoms with Crippen LogP contribution in [0.5, 0.6) is 0 Å². The summed E-state index contributed by atoms with van der Waals surface area (Å²) in [4.78, 5) is 27.1. The van der Waals surface area contributed by atoms with Crippen molar-refractivity contribution in [1.29, 1.82) is 0 Å². The van der Waals surface area contributed by atoms with Crippen molar-refractivity contribution in [1.82, 2.24) is 10.2 Å². The average Bonchev–Trinajstić information content (AvgIpc) is 2.83. The monoisotopic (exact) mass is 485 g/mol. The summed E-state index contributed by atoms with van der Waals surface area (Å²) < 4.78 is 28.4. The smallest absolute Gasteiger partial charge is 0.254 e. The van der Waals surface area contributed by atoms with Gasteiger partial charge in [0.15, 0.2) is 9.84 Å². The molecule has 1 aliphatic heterocycles. The molecular weight excluding hydrogens is 454 g/mol. The first-order valence-electron chi connectivity index (χ1n) is 11.2. The van der Waals surface area contributed by atoms with Crippen LogP contribution in [0.3, 0.4) is 0 Å². The molecule has 0 aliphatic carbocycles. The molecule has 3 rings (SSSR count). The lowest BCUT2D eigenvalue weighted by Crippen LogP contribution is -2.46. The van der Waals surface area contributed by atoms with Gasteiger partial charge in [0.1, 0.15) is 0 Å². The number of nitrogens with two attached hydrogens (primary N) is 1. The highest BCUT2D eigenvalue weighted by Gasteiger charge is 2.20. The normalized spacial score (nSPS) is 16.2. The lowest BCUT2D eigenvalue weighted by atomic mass is 10.0. The van der Waals surface area contributed by atoms with Crippen LogP contribution in [0.25, 0.3) is 0 Å². The Kier molecular flexibility index (Phi) is 8.98. The van der Waals surface area contributed by atoms with Gasteiger partial charge in [-0.2, -0.15) is 0 Å². The van der Waals surface area contributed by atoms with Gasteiger partial charge in [-0.1, -0.05) is 48.5 Å². The van der Waals surface area contributed by atoms with Crippen molar-refractivity contribution >= 4 is 21.7 Å². The third-order valence-electron chi connectivity index (χ3n) is 5.48. The fourth-order valence-electron chi connectivity index (χ4n) is 3.64. The Labute approximate surface area is 200 Å². The zero-order chi connectivity index (χ0) is 24.6. The molecule has 0 bridgehead atoms. The fourth-order valence-corrected chi connectivity index (χ4v) is 4.12. The maximum absolute atomic E-state index is 12.8. The minimum atomic E-state index is -3.34. The second kappa shape index (κ2) is 11.9. The standard InChI is InChI=1S/C25H31N3O5S/c1-34(31,32)16-11-22(17-19-5-3-2-4-6-19)27-24(29)23(26)18-20-7-9-21(10-8-20)25(30)28-12-14-33-15-13-28/h2-11,16,22-23H,12-15,17-18,26H2,1H3,(H,27,29)/b16-11+/t22-,23+/m1/s1. The van der Waals surface area contributed by atoms with Crippen molar-refractivity contribution in [2.45, 2.75) is 24.9 Å². The molecule has 1 aliphatic rings. The molecule has 1 fully saturated rings. The summed E-state index contributed by atoms with van der Waals surface area (Å²) >= 11 is 0. The summed E-state index contributed by atoms with van der Waals surface area (Å²) in [6.07, 6.45) is 3.29. The van der Waals surface area contributed by atoms with E-state index in [1.807, 2.05) is 30.3 Å². The fraction of sp³-hybridized carbons (Fsp3) is 0.360. The minimum absolute atomic E-state index is 0.0432. The molecule has 1 heterocycles. The van der Waals surface area contributed by atoms with Gasteiger partial charge in [-0.25, -0.2) is 8.42 Å². The molecule has 0 spiro atoms. The van der Waals surface area contributed by atoms with Crippen LogP contribution in [0.1, 0.15) is 21.5 Å². The Morgan fingerprint density at radius 1 is 1.03 bits per heavy atom. The molecule has 0 radical (unpaired) electrons. The van der Waals surface area contributed by atoms with Gasteiger partial charge in [0.2, 0.25) is 5.91 Å². The number of sulfone groups is 1. The highest BCUT2D eigenvalue weighted by atomic mass is 32.2. The number of carbonyl (C=O) groups is 2. The molecule has 0 unspecified atom stereocenters. The highest BCUT2D eigenvalue weighted by Crippen LogP contribution is 2.11. The van der Waals surface area contributed by atoms with Crippen LogP contribution in [0.4, 0.5) is 0 Å². The van der Waals surface area contributed by atoms with Crippen molar-refractivity contribution in [3.63, 3.8) is 0 Å². The molecule has 2 atom stereocenters. The molecule has 2 aromatic rings. The van der Waals surface area contributed by atoms with Crippen LogP contribution in [0.15, 0.2) is 66.1 Å². The van der Waals surface area contributed by atoms with E-state index in [9.17, 15) is 18.0 Å². The van der Waals surface area contributed by atoms with Crippen LogP contribution in [0.2, 0.25) is 0 Å². The lowest BCUT2D eigenvalue weighted by molar-refractivity contribution is -0.122. The molecule has 182 valence electrons. The number of rotatable bonds is 9. The minimum Gasteiger partial charge on any atom is -0.378 e. The summed E-state index contributed by atoms with van der Waals surface area (Å²) in [5.41, 5.74) is 8.51. The Hall–Kier alpha value is -3.01. The number of morpholine rings is 1. The van der Waals surface area contributed by atoms with Crippen LogP contribution in [0, 0.1) is 0 Å². The SMILES string of the molecule is CS(=O)(=O)/C=C/[C@H](Cc1ccccc1)NC(=O)[C@@H](N)Cc1ccc(C(=O)N2CCOCC2)cc1. The van der Waals surface area contributed by atoms with Gasteiger partial charge >= 0.3 is 0 Å². The van der Waals surface area contributed by atoms with Gasteiger partial charge < -0.3 is 20.7 Å². The van der Waals surface area contributed by atoms with E-state index in [1.165, 1.54) is 6.08 Å². The summed E-state index contributed by atoms with van der Waals surface area (Å²) in [6, 6.07) is 15.2. The van der Waals surface area contributed by atoms with Gasteiger partial charge in [0.25, 0.3) is 5.91 Å². The number of benzene rings is 2. The quantitative estimate of drug-likeness (QED) is 0.553. The number of hydrogen-bond donors (Lipinski definition) is 2.